The maximum Gasteiger partial charge on any atom is 0.0156 e. The van der Waals surface area contributed by atoms with Crippen LogP contribution in [-0.2, 0) is 0 Å². The van der Waals surface area contributed by atoms with Crippen LogP contribution in [0.1, 0.15) is 53.4 Å². The Morgan fingerprint density at radius 2 is 1.94 bits per heavy atom. The minimum atomic E-state index is 0.478. The van der Waals surface area contributed by atoms with E-state index in [2.05, 4.69) is 45.0 Å². The van der Waals surface area contributed by atoms with E-state index < -0.39 is 0 Å². The van der Waals surface area contributed by atoms with Gasteiger partial charge in [-0.05, 0) is 63.5 Å². The molecule has 106 valence electrons. The smallest absolute Gasteiger partial charge is 0.0156 e. The molecule has 0 bridgehead atoms. The van der Waals surface area contributed by atoms with Gasteiger partial charge in [-0.2, -0.15) is 0 Å². The summed E-state index contributed by atoms with van der Waals surface area (Å²) in [6, 6.07) is 1.49. The summed E-state index contributed by atoms with van der Waals surface area (Å²) in [7, 11) is 2.15. The molecule has 2 nitrogen and oxygen atoms in total. The summed E-state index contributed by atoms with van der Waals surface area (Å²) in [5.41, 5.74) is 0.478. The third-order valence-corrected chi connectivity index (χ3v) is 5.53. The van der Waals surface area contributed by atoms with Crippen molar-refractivity contribution in [1.29, 1.82) is 0 Å². The average molecular weight is 252 g/mol. The van der Waals surface area contributed by atoms with E-state index in [4.69, 9.17) is 0 Å². The molecular formula is C16H32N2. The summed E-state index contributed by atoms with van der Waals surface area (Å²) < 4.78 is 0. The van der Waals surface area contributed by atoms with Crippen LogP contribution in [0.15, 0.2) is 0 Å². The van der Waals surface area contributed by atoms with Gasteiger partial charge in [-0.1, -0.05) is 20.8 Å². The Labute approximate surface area is 114 Å². The van der Waals surface area contributed by atoms with Gasteiger partial charge in [0, 0.05) is 18.6 Å². The lowest BCUT2D eigenvalue weighted by Crippen LogP contribution is -2.48. The lowest BCUT2D eigenvalue weighted by Gasteiger charge is -2.40. The van der Waals surface area contributed by atoms with Crippen LogP contribution in [0.5, 0.6) is 0 Å². The van der Waals surface area contributed by atoms with Gasteiger partial charge in [0.15, 0.2) is 0 Å². The van der Waals surface area contributed by atoms with Gasteiger partial charge in [0.25, 0.3) is 0 Å². The zero-order chi connectivity index (χ0) is 13.3. The van der Waals surface area contributed by atoms with Crippen molar-refractivity contribution >= 4 is 0 Å². The zero-order valence-electron chi connectivity index (χ0n) is 13.0. The highest BCUT2D eigenvalue weighted by molar-refractivity contribution is 4.97. The Kier molecular flexibility index (Phi) is 4.38. The van der Waals surface area contributed by atoms with Crippen molar-refractivity contribution in [3.05, 3.63) is 0 Å². The topological polar surface area (TPSA) is 15.3 Å². The molecule has 0 radical (unpaired) electrons. The summed E-state index contributed by atoms with van der Waals surface area (Å²) in [6.07, 6.45) is 5.56. The molecule has 0 amide bonds. The molecule has 2 aliphatic rings. The fourth-order valence-corrected chi connectivity index (χ4v) is 4.37. The molecule has 2 fully saturated rings. The summed E-state index contributed by atoms with van der Waals surface area (Å²) in [5.74, 6) is 1.78. The predicted octanol–water partition coefficient (Wildman–Crippen LogP) is 3.13. The normalized spacial score (nSPS) is 41.2. The second-order valence-electron chi connectivity index (χ2n) is 7.53. The van der Waals surface area contributed by atoms with E-state index in [0.29, 0.717) is 11.5 Å². The highest BCUT2D eigenvalue weighted by Gasteiger charge is 2.42. The highest BCUT2D eigenvalue weighted by atomic mass is 15.2. The minimum Gasteiger partial charge on any atom is -0.316 e. The summed E-state index contributed by atoms with van der Waals surface area (Å²) >= 11 is 0. The molecule has 18 heavy (non-hydrogen) atoms. The van der Waals surface area contributed by atoms with Gasteiger partial charge in [-0.3, -0.25) is 0 Å². The first-order valence-electron chi connectivity index (χ1n) is 7.85. The van der Waals surface area contributed by atoms with Crippen molar-refractivity contribution in [2.75, 3.05) is 20.1 Å². The maximum atomic E-state index is 3.59. The predicted molar refractivity (Wildman–Crippen MR) is 78.8 cm³/mol. The summed E-state index contributed by atoms with van der Waals surface area (Å²) in [4.78, 5) is 2.75. The van der Waals surface area contributed by atoms with E-state index in [1.54, 1.807) is 0 Å². The van der Waals surface area contributed by atoms with Crippen LogP contribution < -0.4 is 5.32 Å². The Balaban J connectivity index is 1.93. The van der Waals surface area contributed by atoms with Crippen LogP contribution in [0.25, 0.3) is 0 Å². The largest absolute Gasteiger partial charge is 0.316 e. The number of likely N-dealkylation sites (tertiary alicyclic amines) is 1. The van der Waals surface area contributed by atoms with Crippen molar-refractivity contribution in [2.45, 2.75) is 65.5 Å². The van der Waals surface area contributed by atoms with E-state index in [1.807, 2.05) is 0 Å². The van der Waals surface area contributed by atoms with Crippen LogP contribution in [0, 0.1) is 17.3 Å². The first-order valence-corrected chi connectivity index (χ1v) is 7.85. The highest BCUT2D eigenvalue weighted by Crippen LogP contribution is 2.42. The number of nitrogens with zero attached hydrogens (tertiary/aromatic N) is 1. The number of rotatable bonds is 3. The molecule has 0 aromatic carbocycles. The first-order chi connectivity index (χ1) is 8.44. The van der Waals surface area contributed by atoms with Gasteiger partial charge in [-0.15, -0.1) is 0 Å². The molecule has 1 saturated heterocycles. The monoisotopic (exact) mass is 252 g/mol. The van der Waals surface area contributed by atoms with Crippen LogP contribution in [0.3, 0.4) is 0 Å². The van der Waals surface area contributed by atoms with E-state index in [1.165, 1.54) is 38.8 Å². The lowest BCUT2D eigenvalue weighted by atomic mass is 9.84. The average Bonchev–Trinajstić information content (AvgIpc) is 2.57. The third kappa shape index (κ3) is 2.91. The van der Waals surface area contributed by atoms with Gasteiger partial charge in [0.05, 0.1) is 0 Å². The van der Waals surface area contributed by atoms with E-state index in [0.717, 1.165) is 17.9 Å². The molecule has 1 aliphatic heterocycles. The summed E-state index contributed by atoms with van der Waals surface area (Å²) in [6.45, 7) is 12.3. The van der Waals surface area contributed by atoms with Crippen LogP contribution in [-0.4, -0.2) is 37.1 Å². The number of piperidine rings is 1. The minimum absolute atomic E-state index is 0.478. The molecule has 0 aromatic rings. The van der Waals surface area contributed by atoms with Gasteiger partial charge in [-0.25, -0.2) is 0 Å². The standard InChI is InChI=1S/C16H32N2/c1-12-7-9-18(13(2)10-12)11-14-6-8-16(3,4)15(14)17-5/h12-15,17H,6-11H2,1-5H3. The molecule has 4 unspecified atom stereocenters. The molecule has 2 rings (SSSR count). The van der Waals surface area contributed by atoms with Crippen molar-refractivity contribution < 1.29 is 0 Å². The van der Waals surface area contributed by atoms with Crippen LogP contribution in [0.2, 0.25) is 0 Å². The Morgan fingerprint density at radius 1 is 1.22 bits per heavy atom. The zero-order valence-corrected chi connectivity index (χ0v) is 13.0. The number of nitrogens with one attached hydrogen (secondary N) is 1. The second kappa shape index (κ2) is 5.50. The van der Waals surface area contributed by atoms with Crippen molar-refractivity contribution in [1.82, 2.24) is 10.2 Å². The van der Waals surface area contributed by atoms with Gasteiger partial charge < -0.3 is 10.2 Å². The van der Waals surface area contributed by atoms with E-state index in [-0.39, 0.29) is 0 Å². The molecule has 0 aromatic heterocycles. The quantitative estimate of drug-likeness (QED) is 0.830. The number of hydrogen-bond acceptors (Lipinski definition) is 2. The molecule has 0 spiro atoms. The number of hydrogen-bond donors (Lipinski definition) is 1. The van der Waals surface area contributed by atoms with Crippen molar-refractivity contribution in [3.63, 3.8) is 0 Å². The van der Waals surface area contributed by atoms with Gasteiger partial charge in [0.1, 0.15) is 0 Å². The maximum absolute atomic E-state index is 3.59. The van der Waals surface area contributed by atoms with Crippen LogP contribution >= 0.6 is 0 Å². The van der Waals surface area contributed by atoms with Crippen molar-refractivity contribution in [2.24, 2.45) is 17.3 Å². The second-order valence-corrected chi connectivity index (χ2v) is 7.53. The molecule has 2 heteroatoms. The molecule has 1 saturated carbocycles. The Bertz CT molecular complexity index is 274. The molecule has 1 N–H and O–H groups in total. The SMILES string of the molecule is CNC1C(CN2CCC(C)CC2C)CCC1(C)C. The van der Waals surface area contributed by atoms with E-state index >= 15 is 0 Å². The molecule has 1 heterocycles. The molecular weight excluding hydrogens is 220 g/mol. The van der Waals surface area contributed by atoms with Gasteiger partial charge in [0.2, 0.25) is 0 Å². The van der Waals surface area contributed by atoms with Crippen LogP contribution in [0.4, 0.5) is 0 Å². The van der Waals surface area contributed by atoms with Gasteiger partial charge >= 0.3 is 0 Å². The first kappa shape index (κ1) is 14.3. The molecule has 1 aliphatic carbocycles. The summed E-state index contributed by atoms with van der Waals surface area (Å²) in [5, 5.41) is 3.59. The fourth-order valence-electron chi connectivity index (χ4n) is 4.37. The Morgan fingerprint density at radius 3 is 2.56 bits per heavy atom. The lowest BCUT2D eigenvalue weighted by molar-refractivity contribution is 0.0988. The third-order valence-electron chi connectivity index (χ3n) is 5.53. The Hall–Kier alpha value is -0.0800. The fraction of sp³-hybridized carbons (Fsp3) is 1.00. The molecule has 4 atom stereocenters. The van der Waals surface area contributed by atoms with Crippen molar-refractivity contribution in [3.8, 4) is 0 Å². The van der Waals surface area contributed by atoms with E-state index in [9.17, 15) is 0 Å².